The topological polar surface area (TPSA) is 57.5 Å². The Labute approximate surface area is 182 Å². The van der Waals surface area contributed by atoms with Crippen LogP contribution in [0.1, 0.15) is 86.0 Å². The van der Waals surface area contributed by atoms with Gasteiger partial charge in [-0.1, -0.05) is 32.3 Å². The molecule has 0 radical (unpaired) electrons. The van der Waals surface area contributed by atoms with Crippen LogP contribution in [-0.4, -0.2) is 27.7 Å². The molecule has 3 unspecified atom stereocenters. The van der Waals surface area contributed by atoms with E-state index in [4.69, 9.17) is 0 Å². The molecule has 0 aromatic rings. The van der Waals surface area contributed by atoms with Gasteiger partial charge in [-0.15, -0.1) is 5.92 Å². The summed E-state index contributed by atoms with van der Waals surface area (Å²) in [5.41, 5.74) is 0.603. The highest BCUT2D eigenvalue weighted by Crippen LogP contribution is 2.66. The Morgan fingerprint density at radius 1 is 1.17 bits per heavy atom. The fourth-order valence-electron chi connectivity index (χ4n) is 7.93. The fourth-order valence-corrected chi connectivity index (χ4v) is 7.93. The van der Waals surface area contributed by atoms with E-state index in [-0.39, 0.29) is 22.9 Å². The van der Waals surface area contributed by atoms with Gasteiger partial charge in [0.15, 0.2) is 5.78 Å². The molecule has 4 aliphatic carbocycles. The van der Waals surface area contributed by atoms with Crippen molar-refractivity contribution >= 4 is 5.78 Å². The van der Waals surface area contributed by atoms with E-state index in [1.807, 2.05) is 6.08 Å². The minimum Gasteiger partial charge on any atom is -0.393 e. The maximum atomic E-state index is 13.4. The molecule has 3 saturated carbocycles. The van der Waals surface area contributed by atoms with Crippen molar-refractivity contribution in [3.05, 3.63) is 11.6 Å². The molecule has 4 rings (SSSR count). The third-order valence-corrected chi connectivity index (χ3v) is 9.50. The van der Waals surface area contributed by atoms with Crippen LogP contribution in [0.3, 0.4) is 0 Å². The van der Waals surface area contributed by atoms with Crippen LogP contribution in [0.2, 0.25) is 0 Å². The SMILES string of the molecule is CC(CC#CC(C)(C)O)[C@H]1CCC2[C@@H]3C(=O)C=C4C[C@@H](O)CC[C@]4(C)C3CC[C@@]21C. The van der Waals surface area contributed by atoms with Crippen LogP contribution in [0.5, 0.6) is 0 Å². The van der Waals surface area contributed by atoms with E-state index in [9.17, 15) is 15.0 Å². The lowest BCUT2D eigenvalue weighted by molar-refractivity contribution is -0.135. The number of aliphatic hydroxyl groups is 2. The molecule has 4 aliphatic rings. The van der Waals surface area contributed by atoms with Gasteiger partial charge < -0.3 is 10.2 Å². The predicted molar refractivity (Wildman–Crippen MR) is 119 cm³/mol. The molecule has 0 bridgehead atoms. The first-order valence-electron chi connectivity index (χ1n) is 12.1. The first-order chi connectivity index (χ1) is 14.0. The molecular weight excluding hydrogens is 372 g/mol. The van der Waals surface area contributed by atoms with Gasteiger partial charge in [-0.2, -0.15) is 0 Å². The second kappa shape index (κ2) is 7.49. The number of allylic oxidation sites excluding steroid dienone is 1. The van der Waals surface area contributed by atoms with E-state index >= 15 is 0 Å². The molecule has 3 fully saturated rings. The van der Waals surface area contributed by atoms with Crippen LogP contribution >= 0.6 is 0 Å². The second-order valence-corrected chi connectivity index (χ2v) is 11.9. The number of hydrogen-bond donors (Lipinski definition) is 2. The third kappa shape index (κ3) is 3.59. The summed E-state index contributed by atoms with van der Waals surface area (Å²) in [6.45, 7) is 10.6. The smallest absolute Gasteiger partial charge is 0.159 e. The molecule has 3 nitrogen and oxygen atoms in total. The maximum Gasteiger partial charge on any atom is 0.159 e. The van der Waals surface area contributed by atoms with Crippen LogP contribution in [-0.2, 0) is 4.79 Å². The average Bonchev–Trinajstić information content (AvgIpc) is 2.99. The normalized spacial score (nSPS) is 44.2. The van der Waals surface area contributed by atoms with Gasteiger partial charge in [-0.3, -0.25) is 4.79 Å². The molecule has 0 saturated heterocycles. The van der Waals surface area contributed by atoms with Gasteiger partial charge in [0.25, 0.3) is 0 Å². The Hall–Kier alpha value is -1.11. The highest BCUT2D eigenvalue weighted by molar-refractivity contribution is 5.94. The largest absolute Gasteiger partial charge is 0.393 e. The van der Waals surface area contributed by atoms with Gasteiger partial charge in [0.05, 0.1) is 6.10 Å². The van der Waals surface area contributed by atoms with Gasteiger partial charge in [0.1, 0.15) is 5.60 Å². The Morgan fingerprint density at radius 2 is 1.90 bits per heavy atom. The summed E-state index contributed by atoms with van der Waals surface area (Å²) < 4.78 is 0. The van der Waals surface area contributed by atoms with E-state index in [0.29, 0.717) is 35.9 Å². The van der Waals surface area contributed by atoms with Crippen molar-refractivity contribution in [1.82, 2.24) is 0 Å². The summed E-state index contributed by atoms with van der Waals surface area (Å²) in [7, 11) is 0. The summed E-state index contributed by atoms with van der Waals surface area (Å²) >= 11 is 0. The third-order valence-electron chi connectivity index (χ3n) is 9.50. The van der Waals surface area contributed by atoms with E-state index in [1.165, 1.54) is 18.4 Å². The van der Waals surface area contributed by atoms with Gasteiger partial charge >= 0.3 is 0 Å². The van der Waals surface area contributed by atoms with Crippen molar-refractivity contribution in [3.8, 4) is 11.8 Å². The van der Waals surface area contributed by atoms with E-state index in [0.717, 1.165) is 32.1 Å². The van der Waals surface area contributed by atoms with Crippen molar-refractivity contribution in [1.29, 1.82) is 0 Å². The summed E-state index contributed by atoms with van der Waals surface area (Å²) in [6.07, 6.45) is 9.74. The van der Waals surface area contributed by atoms with Crippen molar-refractivity contribution < 1.29 is 15.0 Å². The zero-order valence-electron chi connectivity index (χ0n) is 19.5. The van der Waals surface area contributed by atoms with Gasteiger partial charge in [-0.25, -0.2) is 0 Å². The van der Waals surface area contributed by atoms with Crippen molar-refractivity contribution in [2.24, 2.45) is 40.4 Å². The highest BCUT2D eigenvalue weighted by atomic mass is 16.3. The minimum atomic E-state index is -0.929. The van der Waals surface area contributed by atoms with E-state index < -0.39 is 5.60 Å². The number of hydrogen-bond acceptors (Lipinski definition) is 3. The molecular formula is C27H40O3. The quantitative estimate of drug-likeness (QED) is 0.634. The molecule has 30 heavy (non-hydrogen) atoms. The van der Waals surface area contributed by atoms with E-state index in [1.54, 1.807) is 13.8 Å². The standard InChI is InChI=1S/C27H40O3/c1-17(7-6-12-25(2,3)30)20-8-9-21-24-22(11-14-27(20,21)5)26(4)13-10-19(28)15-18(26)16-23(24)29/h16-17,19-22,24,28,30H,7-11,13-15H2,1-5H3/t17?,19-,20+,21?,22?,24-,26-,27+/m0/s1. The lowest BCUT2D eigenvalue weighted by Crippen LogP contribution is -2.53. The van der Waals surface area contributed by atoms with Crippen LogP contribution in [0.15, 0.2) is 11.6 Å². The predicted octanol–water partition coefficient (Wildman–Crippen LogP) is 4.91. The number of carbonyl (C=O) groups excluding carboxylic acids is 1. The van der Waals surface area contributed by atoms with Crippen molar-refractivity contribution in [2.75, 3.05) is 0 Å². The number of ketones is 1. The first kappa shape index (κ1) is 22.1. The lowest BCUT2D eigenvalue weighted by atomic mass is 9.46. The van der Waals surface area contributed by atoms with E-state index in [2.05, 4.69) is 32.6 Å². The van der Waals surface area contributed by atoms with Crippen LogP contribution in [0.4, 0.5) is 0 Å². The molecule has 0 heterocycles. The van der Waals surface area contributed by atoms with Crippen LogP contribution in [0.25, 0.3) is 0 Å². The summed E-state index contributed by atoms with van der Waals surface area (Å²) in [6, 6.07) is 0. The average molecular weight is 413 g/mol. The van der Waals surface area contributed by atoms with Crippen LogP contribution in [0, 0.1) is 52.3 Å². The van der Waals surface area contributed by atoms with Gasteiger partial charge in [0.2, 0.25) is 0 Å². The summed E-state index contributed by atoms with van der Waals surface area (Å²) in [5.74, 6) is 8.70. The fraction of sp³-hybridized carbons (Fsp3) is 0.815. The van der Waals surface area contributed by atoms with Crippen molar-refractivity contribution in [3.63, 3.8) is 0 Å². The number of fused-ring (bicyclic) bond motifs is 5. The molecule has 0 amide bonds. The number of rotatable bonds is 2. The summed E-state index contributed by atoms with van der Waals surface area (Å²) in [4.78, 5) is 13.4. The molecule has 0 aliphatic heterocycles. The molecule has 3 heteroatoms. The molecule has 166 valence electrons. The Morgan fingerprint density at radius 3 is 2.60 bits per heavy atom. The number of aliphatic hydroxyl groups excluding tert-OH is 1. The Balaban J connectivity index is 1.57. The zero-order valence-corrected chi connectivity index (χ0v) is 19.5. The molecule has 8 atom stereocenters. The second-order valence-electron chi connectivity index (χ2n) is 11.9. The zero-order chi connectivity index (χ0) is 21.9. The minimum absolute atomic E-state index is 0.0982. The lowest BCUT2D eigenvalue weighted by Gasteiger charge is -2.57. The van der Waals surface area contributed by atoms with Gasteiger partial charge in [0, 0.05) is 12.3 Å². The van der Waals surface area contributed by atoms with Crippen LogP contribution < -0.4 is 0 Å². The highest BCUT2D eigenvalue weighted by Gasteiger charge is 2.61. The van der Waals surface area contributed by atoms with Crippen molar-refractivity contribution in [2.45, 2.75) is 97.7 Å². The Kier molecular flexibility index (Phi) is 5.52. The Bertz CT molecular complexity index is 793. The van der Waals surface area contributed by atoms with Gasteiger partial charge in [-0.05, 0) is 99.4 Å². The summed E-state index contributed by atoms with van der Waals surface area (Å²) in [5, 5.41) is 20.1. The number of carbonyl (C=O) groups is 1. The monoisotopic (exact) mass is 412 g/mol. The maximum absolute atomic E-state index is 13.4. The molecule has 0 aromatic heterocycles. The first-order valence-corrected chi connectivity index (χ1v) is 12.1. The molecule has 0 aromatic carbocycles. The molecule has 2 N–H and O–H groups in total. The molecule has 0 spiro atoms.